The van der Waals surface area contributed by atoms with Crippen molar-refractivity contribution in [3.05, 3.63) is 34.3 Å². The van der Waals surface area contributed by atoms with Crippen LogP contribution in [0.25, 0.3) is 10.6 Å². The second kappa shape index (κ2) is 7.15. The minimum atomic E-state index is -1.21. The van der Waals surface area contributed by atoms with E-state index in [1.165, 1.54) is 10.4 Å². The molecule has 0 aliphatic carbocycles. The SMILES string of the molecule is Cc1sc(-c2ccc(C(C)(C)C)cc2O[SiH](C)C)nc1CCO. The largest absolute Gasteiger partial charge is 0.546 e. The van der Waals surface area contributed by atoms with Crippen LogP contribution in [0.5, 0.6) is 5.75 Å². The molecule has 1 aromatic heterocycles. The van der Waals surface area contributed by atoms with Crippen molar-refractivity contribution in [2.24, 2.45) is 0 Å². The van der Waals surface area contributed by atoms with E-state index in [-0.39, 0.29) is 12.0 Å². The first-order valence-corrected chi connectivity index (χ1v) is 11.7. The van der Waals surface area contributed by atoms with Crippen molar-refractivity contribution >= 4 is 20.4 Å². The monoisotopic (exact) mass is 349 g/mol. The van der Waals surface area contributed by atoms with E-state index >= 15 is 0 Å². The minimum absolute atomic E-state index is 0.0933. The molecular weight excluding hydrogens is 322 g/mol. The first-order valence-electron chi connectivity index (χ1n) is 8.11. The van der Waals surface area contributed by atoms with Crippen molar-refractivity contribution in [1.29, 1.82) is 0 Å². The summed E-state index contributed by atoms with van der Waals surface area (Å²) in [5.74, 6) is 0.948. The average Bonchev–Trinajstić information content (AvgIpc) is 2.79. The van der Waals surface area contributed by atoms with E-state index in [4.69, 9.17) is 14.5 Å². The lowest BCUT2D eigenvalue weighted by Crippen LogP contribution is -2.15. The van der Waals surface area contributed by atoms with Gasteiger partial charge in [-0.2, -0.15) is 0 Å². The molecule has 5 heteroatoms. The first kappa shape index (κ1) is 18.2. The van der Waals surface area contributed by atoms with Gasteiger partial charge in [-0.25, -0.2) is 4.98 Å². The third-order valence-corrected chi connectivity index (χ3v) is 5.45. The van der Waals surface area contributed by atoms with E-state index in [0.717, 1.165) is 22.0 Å². The van der Waals surface area contributed by atoms with Crippen LogP contribution in [-0.4, -0.2) is 25.7 Å². The quantitative estimate of drug-likeness (QED) is 0.818. The van der Waals surface area contributed by atoms with Crippen LogP contribution >= 0.6 is 11.3 Å². The van der Waals surface area contributed by atoms with Crippen LogP contribution in [-0.2, 0) is 11.8 Å². The number of hydrogen-bond acceptors (Lipinski definition) is 4. The summed E-state index contributed by atoms with van der Waals surface area (Å²) in [5.41, 5.74) is 3.42. The Hall–Kier alpha value is -1.17. The molecule has 3 nitrogen and oxygen atoms in total. The Morgan fingerprint density at radius 3 is 2.52 bits per heavy atom. The number of aliphatic hydroxyl groups is 1. The van der Waals surface area contributed by atoms with E-state index in [9.17, 15) is 0 Å². The lowest BCUT2D eigenvalue weighted by Gasteiger charge is -2.22. The van der Waals surface area contributed by atoms with Gasteiger partial charge in [-0.1, -0.05) is 26.8 Å². The number of hydrogen-bond donors (Lipinski definition) is 1. The second-order valence-electron chi connectivity index (χ2n) is 7.12. The lowest BCUT2D eigenvalue weighted by molar-refractivity contribution is 0.298. The normalized spacial score (nSPS) is 12.0. The predicted octanol–water partition coefficient (Wildman–Crippen LogP) is 4.31. The number of nitrogens with zero attached hydrogens (tertiary/aromatic N) is 1. The fraction of sp³-hybridized carbons (Fsp3) is 0.500. The predicted molar refractivity (Wildman–Crippen MR) is 101 cm³/mol. The molecule has 1 aromatic carbocycles. The van der Waals surface area contributed by atoms with Crippen molar-refractivity contribution in [2.75, 3.05) is 6.61 Å². The molecule has 0 bridgehead atoms. The van der Waals surface area contributed by atoms with Gasteiger partial charge in [0.2, 0.25) is 9.04 Å². The van der Waals surface area contributed by atoms with Crippen LogP contribution < -0.4 is 4.43 Å². The molecule has 0 aliphatic heterocycles. The molecule has 2 aromatic rings. The summed E-state index contributed by atoms with van der Waals surface area (Å²) in [6.45, 7) is 13.2. The molecule has 0 unspecified atom stereocenters. The Labute approximate surface area is 145 Å². The summed E-state index contributed by atoms with van der Waals surface area (Å²) in [4.78, 5) is 5.89. The maximum Gasteiger partial charge on any atom is 0.229 e. The van der Waals surface area contributed by atoms with Gasteiger partial charge >= 0.3 is 0 Å². The highest BCUT2D eigenvalue weighted by atomic mass is 32.1. The van der Waals surface area contributed by atoms with Gasteiger partial charge in [-0.15, -0.1) is 11.3 Å². The molecule has 0 radical (unpaired) electrons. The van der Waals surface area contributed by atoms with Crippen molar-refractivity contribution in [1.82, 2.24) is 4.98 Å². The van der Waals surface area contributed by atoms with Gasteiger partial charge < -0.3 is 9.53 Å². The lowest BCUT2D eigenvalue weighted by atomic mass is 9.86. The number of rotatable bonds is 5. The van der Waals surface area contributed by atoms with Crippen molar-refractivity contribution in [3.8, 4) is 16.3 Å². The number of aliphatic hydroxyl groups excluding tert-OH is 1. The molecule has 0 aliphatic rings. The van der Waals surface area contributed by atoms with Gasteiger partial charge in [0.1, 0.15) is 10.8 Å². The van der Waals surface area contributed by atoms with Gasteiger partial charge in [0, 0.05) is 17.9 Å². The fourth-order valence-corrected chi connectivity index (χ4v) is 4.09. The van der Waals surface area contributed by atoms with E-state index in [2.05, 4.69) is 59.0 Å². The van der Waals surface area contributed by atoms with Crippen LogP contribution in [0.3, 0.4) is 0 Å². The van der Waals surface area contributed by atoms with E-state index in [1.807, 2.05) is 0 Å². The molecule has 126 valence electrons. The number of aromatic nitrogens is 1. The molecule has 1 N–H and O–H groups in total. The maximum absolute atomic E-state index is 9.17. The van der Waals surface area contributed by atoms with Crippen molar-refractivity contribution in [3.63, 3.8) is 0 Å². The smallest absolute Gasteiger partial charge is 0.229 e. The van der Waals surface area contributed by atoms with Crippen LogP contribution in [0.1, 0.15) is 36.9 Å². The highest BCUT2D eigenvalue weighted by molar-refractivity contribution is 7.15. The molecule has 2 rings (SSSR count). The maximum atomic E-state index is 9.17. The zero-order chi connectivity index (χ0) is 17.2. The third-order valence-electron chi connectivity index (χ3n) is 3.68. The Morgan fingerprint density at radius 2 is 1.96 bits per heavy atom. The van der Waals surface area contributed by atoms with E-state index in [0.29, 0.717) is 6.42 Å². The topological polar surface area (TPSA) is 42.4 Å². The first-order chi connectivity index (χ1) is 10.7. The Balaban J connectivity index is 2.50. The summed E-state index contributed by atoms with van der Waals surface area (Å²) in [5, 5.41) is 10.2. The van der Waals surface area contributed by atoms with Crippen LogP contribution in [0.4, 0.5) is 0 Å². The summed E-state index contributed by atoms with van der Waals surface area (Å²) < 4.78 is 6.20. The molecule has 1 heterocycles. The van der Waals surface area contributed by atoms with Gasteiger partial charge in [0.25, 0.3) is 0 Å². The Morgan fingerprint density at radius 1 is 1.26 bits per heavy atom. The highest BCUT2D eigenvalue weighted by Gasteiger charge is 2.19. The summed E-state index contributed by atoms with van der Waals surface area (Å²) in [6.07, 6.45) is 0.609. The zero-order valence-electron chi connectivity index (χ0n) is 14.9. The zero-order valence-corrected chi connectivity index (χ0v) is 16.9. The molecule has 23 heavy (non-hydrogen) atoms. The number of aryl methyl sites for hydroxylation is 1. The van der Waals surface area contributed by atoms with E-state index < -0.39 is 9.04 Å². The standard InChI is InChI=1S/C18H27NO2SSi/c1-12-15(9-10-20)19-17(22-12)14-8-7-13(18(2,3)4)11-16(14)21-23(5)6/h7-8,11,20,23H,9-10H2,1-6H3. The van der Waals surface area contributed by atoms with Crippen molar-refractivity contribution < 1.29 is 9.53 Å². The molecule has 0 spiro atoms. The molecule has 0 saturated heterocycles. The van der Waals surface area contributed by atoms with Gasteiger partial charge in [-0.3, -0.25) is 0 Å². The number of benzene rings is 1. The summed E-state index contributed by atoms with van der Waals surface area (Å²) in [6, 6.07) is 6.48. The average molecular weight is 350 g/mol. The molecule has 0 amide bonds. The van der Waals surface area contributed by atoms with Crippen LogP contribution in [0.15, 0.2) is 18.2 Å². The molecule has 0 fully saturated rings. The third kappa shape index (κ3) is 4.43. The second-order valence-corrected chi connectivity index (χ2v) is 10.7. The molecule has 0 atom stereocenters. The van der Waals surface area contributed by atoms with Crippen molar-refractivity contribution in [2.45, 2.75) is 52.6 Å². The highest BCUT2D eigenvalue weighted by Crippen LogP contribution is 2.37. The number of thiazole rings is 1. The Kier molecular flexibility index (Phi) is 5.65. The van der Waals surface area contributed by atoms with Crippen LogP contribution in [0, 0.1) is 6.92 Å². The van der Waals surface area contributed by atoms with E-state index in [1.54, 1.807) is 11.3 Å². The molecular formula is C18H27NO2SSi. The van der Waals surface area contributed by atoms with Crippen LogP contribution in [0.2, 0.25) is 13.1 Å². The molecule has 0 saturated carbocycles. The summed E-state index contributed by atoms with van der Waals surface area (Å²) in [7, 11) is -1.21. The fourth-order valence-electron chi connectivity index (χ4n) is 2.40. The Bertz CT molecular complexity index is 674. The van der Waals surface area contributed by atoms with Gasteiger partial charge in [0.05, 0.1) is 11.3 Å². The summed E-state index contributed by atoms with van der Waals surface area (Å²) >= 11 is 1.68. The minimum Gasteiger partial charge on any atom is -0.546 e. The van der Waals surface area contributed by atoms with Gasteiger partial charge in [0.15, 0.2) is 0 Å². The van der Waals surface area contributed by atoms with Gasteiger partial charge in [-0.05, 0) is 43.1 Å².